The average Bonchev–Trinajstić information content (AvgIpc) is 2.62. The van der Waals surface area contributed by atoms with Crippen molar-refractivity contribution in [2.75, 3.05) is 0 Å². The van der Waals surface area contributed by atoms with Crippen molar-refractivity contribution in [3.63, 3.8) is 0 Å². The minimum Gasteiger partial charge on any atom is -0.382 e. The fourth-order valence-corrected chi connectivity index (χ4v) is 2.70. The second-order valence-electron chi connectivity index (χ2n) is 5.47. The van der Waals surface area contributed by atoms with Crippen LogP contribution in [0.1, 0.15) is 54.4 Å². The Morgan fingerprint density at radius 1 is 1.10 bits per heavy atom. The van der Waals surface area contributed by atoms with Crippen LogP contribution in [0.2, 0.25) is 0 Å². The Hall–Kier alpha value is -1.43. The van der Waals surface area contributed by atoms with Crippen LogP contribution in [0.25, 0.3) is 0 Å². The second-order valence-corrected chi connectivity index (χ2v) is 5.47. The number of hydrogen-bond donors (Lipinski definition) is 1. The Labute approximate surface area is 119 Å². The van der Waals surface area contributed by atoms with E-state index >= 15 is 0 Å². The van der Waals surface area contributed by atoms with E-state index in [1.54, 1.807) is 0 Å². The van der Waals surface area contributed by atoms with Crippen LogP contribution in [0, 0.1) is 5.82 Å². The van der Waals surface area contributed by atoms with Crippen molar-refractivity contribution < 1.29 is 27.5 Å². The van der Waals surface area contributed by atoms with E-state index in [1.165, 1.54) is 0 Å². The predicted octanol–water partition coefficient (Wildman–Crippen LogP) is 4.11. The second kappa shape index (κ2) is 5.75. The molecule has 0 radical (unpaired) electrons. The third kappa shape index (κ3) is 3.43. The molecule has 1 fully saturated rings. The van der Waals surface area contributed by atoms with Crippen LogP contribution in [0.3, 0.4) is 0 Å². The smallest absolute Gasteiger partial charge is 0.382 e. The highest BCUT2D eigenvalue weighted by Crippen LogP contribution is 2.34. The lowest BCUT2D eigenvalue weighted by molar-refractivity contribution is -0.140. The van der Waals surface area contributed by atoms with Crippen LogP contribution >= 0.6 is 0 Å². The number of benzene rings is 1. The molecule has 0 spiro atoms. The first kappa shape index (κ1) is 15.9. The highest BCUT2D eigenvalue weighted by molar-refractivity contribution is 6.02. The first-order valence-electron chi connectivity index (χ1n) is 6.88. The van der Waals surface area contributed by atoms with Gasteiger partial charge in [-0.15, -0.1) is 0 Å². The molecule has 0 aromatic heterocycles. The Morgan fingerprint density at radius 3 is 2.14 bits per heavy atom. The van der Waals surface area contributed by atoms with E-state index in [0.717, 1.165) is 18.9 Å². The van der Waals surface area contributed by atoms with Crippen LogP contribution in [-0.4, -0.2) is 16.5 Å². The number of rotatable bonds is 2. The lowest BCUT2D eigenvalue weighted by Gasteiger charge is -2.25. The van der Waals surface area contributed by atoms with Gasteiger partial charge < -0.3 is 5.11 Å². The van der Waals surface area contributed by atoms with Gasteiger partial charge in [-0.05, 0) is 25.0 Å². The quantitative estimate of drug-likeness (QED) is 0.507. The summed E-state index contributed by atoms with van der Waals surface area (Å²) in [7, 11) is 0. The van der Waals surface area contributed by atoms with E-state index in [1.807, 2.05) is 0 Å². The first-order valence-corrected chi connectivity index (χ1v) is 6.88. The molecule has 1 aromatic carbocycles. The van der Waals surface area contributed by atoms with Crippen LogP contribution in [0.4, 0.5) is 17.6 Å². The van der Waals surface area contributed by atoms with Gasteiger partial charge in [-0.1, -0.05) is 31.7 Å². The van der Waals surface area contributed by atoms with Gasteiger partial charge >= 0.3 is 6.18 Å². The fraction of sp³-hybridized carbons (Fsp3) is 0.533. The summed E-state index contributed by atoms with van der Waals surface area (Å²) < 4.78 is 51.0. The number of Topliss-reactive ketones (excluding diaryl/α,β-unsaturated/α-hetero) is 1. The van der Waals surface area contributed by atoms with Gasteiger partial charge in [0, 0.05) is 5.56 Å². The molecule has 0 amide bonds. The largest absolute Gasteiger partial charge is 0.419 e. The summed E-state index contributed by atoms with van der Waals surface area (Å²) in [4.78, 5) is 12.3. The van der Waals surface area contributed by atoms with Crippen LogP contribution < -0.4 is 0 Å². The third-order valence-electron chi connectivity index (χ3n) is 3.89. The molecule has 1 aliphatic rings. The number of aliphatic hydroxyl groups is 1. The van der Waals surface area contributed by atoms with Crippen molar-refractivity contribution in [3.8, 4) is 0 Å². The molecule has 1 saturated carbocycles. The van der Waals surface area contributed by atoms with Crippen molar-refractivity contribution in [2.24, 2.45) is 0 Å². The van der Waals surface area contributed by atoms with E-state index in [2.05, 4.69) is 0 Å². The molecule has 0 saturated heterocycles. The molecule has 0 aliphatic heterocycles. The Kier molecular flexibility index (Phi) is 4.37. The summed E-state index contributed by atoms with van der Waals surface area (Å²) in [6.45, 7) is 0. The molecular formula is C15H16F4O2. The van der Waals surface area contributed by atoms with Crippen LogP contribution in [0.5, 0.6) is 0 Å². The highest BCUT2D eigenvalue weighted by Gasteiger charge is 2.38. The van der Waals surface area contributed by atoms with Gasteiger partial charge in [0.05, 0.1) is 5.56 Å². The Balaban J connectivity index is 2.29. The minimum absolute atomic E-state index is 0.218. The number of carbonyl (C=O) groups excluding carboxylic acids is 1. The predicted molar refractivity (Wildman–Crippen MR) is 68.4 cm³/mol. The van der Waals surface area contributed by atoms with Crippen molar-refractivity contribution in [1.82, 2.24) is 0 Å². The number of carbonyl (C=O) groups is 1. The van der Waals surface area contributed by atoms with E-state index in [0.29, 0.717) is 25.0 Å². The van der Waals surface area contributed by atoms with Gasteiger partial charge in [-0.3, -0.25) is 4.79 Å². The Morgan fingerprint density at radius 2 is 1.67 bits per heavy atom. The standard InChI is InChI=1S/C15H16F4O2/c16-12-9-10(5-6-11(12)15(17,18)19)13(20)14(21)7-3-1-2-4-8-14/h5-6,9,21H,1-4,7-8H2. The molecule has 6 heteroatoms. The fourth-order valence-electron chi connectivity index (χ4n) is 2.70. The summed E-state index contributed by atoms with van der Waals surface area (Å²) in [5.41, 5.74) is -3.22. The van der Waals surface area contributed by atoms with Crippen LogP contribution in [0.15, 0.2) is 18.2 Å². The molecular weight excluding hydrogens is 288 g/mol. The molecule has 1 aromatic rings. The van der Waals surface area contributed by atoms with Crippen molar-refractivity contribution >= 4 is 5.78 Å². The normalized spacial score (nSPS) is 19.1. The highest BCUT2D eigenvalue weighted by atomic mass is 19.4. The molecule has 0 heterocycles. The zero-order valence-electron chi connectivity index (χ0n) is 11.3. The molecule has 1 N–H and O–H groups in total. The van der Waals surface area contributed by atoms with Gasteiger partial charge in [0.15, 0.2) is 5.78 Å². The van der Waals surface area contributed by atoms with Crippen LogP contribution in [-0.2, 0) is 6.18 Å². The maximum Gasteiger partial charge on any atom is 0.419 e. The minimum atomic E-state index is -4.80. The van der Waals surface area contributed by atoms with E-state index in [4.69, 9.17) is 0 Å². The zero-order valence-corrected chi connectivity index (χ0v) is 11.3. The summed E-state index contributed by atoms with van der Waals surface area (Å²) in [6.07, 6.45) is -1.14. The summed E-state index contributed by atoms with van der Waals surface area (Å²) in [6, 6.07) is 2.04. The maximum absolute atomic E-state index is 13.5. The van der Waals surface area contributed by atoms with Gasteiger partial charge in [0.25, 0.3) is 0 Å². The summed E-state index contributed by atoms with van der Waals surface area (Å²) in [5.74, 6) is -2.19. The van der Waals surface area contributed by atoms with Gasteiger partial charge in [-0.25, -0.2) is 4.39 Å². The number of alkyl halides is 3. The lowest BCUT2D eigenvalue weighted by Crippen LogP contribution is -2.38. The van der Waals surface area contributed by atoms with Gasteiger partial charge in [-0.2, -0.15) is 13.2 Å². The monoisotopic (exact) mass is 304 g/mol. The average molecular weight is 304 g/mol. The van der Waals surface area contributed by atoms with E-state index < -0.39 is 28.9 Å². The molecule has 0 bridgehead atoms. The molecule has 1 aliphatic carbocycles. The molecule has 2 rings (SSSR count). The van der Waals surface area contributed by atoms with Crippen molar-refractivity contribution in [1.29, 1.82) is 0 Å². The van der Waals surface area contributed by atoms with Crippen molar-refractivity contribution in [3.05, 3.63) is 35.1 Å². The third-order valence-corrected chi connectivity index (χ3v) is 3.89. The molecule has 21 heavy (non-hydrogen) atoms. The number of ketones is 1. The Bertz CT molecular complexity index is 529. The first-order chi connectivity index (χ1) is 9.74. The molecule has 116 valence electrons. The molecule has 0 atom stereocenters. The summed E-state index contributed by atoms with van der Waals surface area (Å²) in [5, 5.41) is 10.4. The zero-order chi connectivity index (χ0) is 15.7. The summed E-state index contributed by atoms with van der Waals surface area (Å²) >= 11 is 0. The number of halogens is 4. The van der Waals surface area contributed by atoms with E-state index in [-0.39, 0.29) is 18.4 Å². The molecule has 2 nitrogen and oxygen atoms in total. The maximum atomic E-state index is 13.5. The molecule has 0 unspecified atom stereocenters. The van der Waals surface area contributed by atoms with Gasteiger partial charge in [0.1, 0.15) is 11.4 Å². The van der Waals surface area contributed by atoms with Crippen molar-refractivity contribution in [2.45, 2.75) is 50.3 Å². The SMILES string of the molecule is O=C(c1ccc(C(F)(F)F)c(F)c1)C1(O)CCCCCC1. The topological polar surface area (TPSA) is 37.3 Å². The number of hydrogen-bond acceptors (Lipinski definition) is 2. The lowest BCUT2D eigenvalue weighted by atomic mass is 9.86. The van der Waals surface area contributed by atoms with Gasteiger partial charge in [0.2, 0.25) is 0 Å². The van der Waals surface area contributed by atoms with E-state index in [9.17, 15) is 27.5 Å².